The number of anilines is 1. The number of aliphatic hydroxyl groups excluding tert-OH is 1. The molecular weight excluding hydrogens is 258 g/mol. The summed E-state index contributed by atoms with van der Waals surface area (Å²) in [6, 6.07) is 8.39. The Bertz CT molecular complexity index is 616. The van der Waals surface area contributed by atoms with Crippen molar-refractivity contribution in [1.82, 2.24) is 10.3 Å². The largest absolute Gasteiger partial charge is 0.398 e. The first kappa shape index (κ1) is 14.2. The second-order valence-electron chi connectivity index (χ2n) is 4.42. The van der Waals surface area contributed by atoms with Gasteiger partial charge in [-0.2, -0.15) is 0 Å². The molecule has 1 heterocycles. The third-order valence-electron chi connectivity index (χ3n) is 2.90. The van der Waals surface area contributed by atoms with E-state index in [1.807, 2.05) is 18.2 Å². The number of nitrogens with zero attached hydrogens (tertiary/aromatic N) is 1. The summed E-state index contributed by atoms with van der Waals surface area (Å²) in [5, 5.41) is 12.6. The van der Waals surface area contributed by atoms with Crippen LogP contribution in [0.1, 0.15) is 10.5 Å². The highest BCUT2D eigenvalue weighted by molar-refractivity contribution is 5.99. The smallest absolute Gasteiger partial charge is 0.270 e. The predicted molar refractivity (Wildman–Crippen MR) is 76.4 cm³/mol. The molecule has 1 unspecified atom stereocenters. The lowest BCUT2D eigenvalue weighted by molar-refractivity contribution is 0.0835. The summed E-state index contributed by atoms with van der Waals surface area (Å²) in [6.45, 7) is 0.0218. The van der Waals surface area contributed by atoms with E-state index >= 15 is 0 Å². The fourth-order valence-corrected chi connectivity index (χ4v) is 1.92. The monoisotopic (exact) mass is 275 g/mol. The average Bonchev–Trinajstić information content (AvgIpc) is 2.46. The van der Waals surface area contributed by atoms with Crippen LogP contribution in [0.2, 0.25) is 0 Å². The molecule has 2 aromatic rings. The van der Waals surface area contributed by atoms with Crippen molar-refractivity contribution in [2.75, 3.05) is 26.1 Å². The summed E-state index contributed by atoms with van der Waals surface area (Å²) in [6.07, 6.45) is 0. The van der Waals surface area contributed by atoms with Gasteiger partial charge in [0.05, 0.1) is 24.8 Å². The Labute approximate surface area is 116 Å². The molecule has 0 spiro atoms. The van der Waals surface area contributed by atoms with Crippen LogP contribution in [-0.4, -0.2) is 42.4 Å². The molecule has 0 fully saturated rings. The van der Waals surface area contributed by atoms with Gasteiger partial charge in [0.15, 0.2) is 0 Å². The minimum atomic E-state index is -0.470. The molecule has 0 aliphatic carbocycles. The van der Waals surface area contributed by atoms with Crippen molar-refractivity contribution in [3.8, 4) is 0 Å². The minimum Gasteiger partial charge on any atom is -0.398 e. The van der Waals surface area contributed by atoms with Crippen LogP contribution >= 0.6 is 0 Å². The maximum Gasteiger partial charge on any atom is 0.270 e. The van der Waals surface area contributed by atoms with Crippen LogP contribution in [0.3, 0.4) is 0 Å². The van der Waals surface area contributed by atoms with Crippen LogP contribution in [0.25, 0.3) is 10.9 Å². The van der Waals surface area contributed by atoms with Crippen LogP contribution in [0, 0.1) is 0 Å². The molecule has 20 heavy (non-hydrogen) atoms. The number of methoxy groups -OCH3 is 1. The van der Waals surface area contributed by atoms with Crippen LogP contribution < -0.4 is 11.1 Å². The first-order valence-corrected chi connectivity index (χ1v) is 6.21. The highest BCUT2D eigenvalue weighted by Gasteiger charge is 2.15. The van der Waals surface area contributed by atoms with Gasteiger partial charge in [0.25, 0.3) is 5.91 Å². The molecule has 0 radical (unpaired) electrons. The maximum absolute atomic E-state index is 12.1. The average molecular weight is 275 g/mol. The first-order valence-electron chi connectivity index (χ1n) is 6.21. The standard InChI is InChI=1S/C14H17N3O3/c1-20-8-9(7-18)16-14(19)13-6-11(15)10-4-2-3-5-12(10)17-13/h2-6,9,18H,7-8H2,1H3,(H2,15,17)(H,16,19). The quantitative estimate of drug-likeness (QED) is 0.740. The number of amides is 1. The number of pyridine rings is 1. The Morgan fingerprint density at radius 2 is 2.25 bits per heavy atom. The lowest BCUT2D eigenvalue weighted by atomic mass is 10.1. The maximum atomic E-state index is 12.1. The Hall–Kier alpha value is -2.18. The molecule has 1 aromatic heterocycles. The predicted octanol–water partition coefficient (Wildman–Crippen LogP) is 0.554. The van der Waals surface area contributed by atoms with E-state index in [9.17, 15) is 4.79 Å². The molecule has 4 N–H and O–H groups in total. The summed E-state index contributed by atoms with van der Waals surface area (Å²) in [5.41, 5.74) is 7.29. The van der Waals surface area contributed by atoms with Crippen molar-refractivity contribution in [3.63, 3.8) is 0 Å². The van der Waals surface area contributed by atoms with Gasteiger partial charge < -0.3 is 20.9 Å². The fourth-order valence-electron chi connectivity index (χ4n) is 1.92. The third-order valence-corrected chi connectivity index (χ3v) is 2.90. The highest BCUT2D eigenvalue weighted by atomic mass is 16.5. The number of ether oxygens (including phenoxy) is 1. The van der Waals surface area contributed by atoms with Gasteiger partial charge in [-0.25, -0.2) is 4.98 Å². The summed E-state index contributed by atoms with van der Waals surface area (Å²) in [4.78, 5) is 16.4. The fraction of sp³-hybridized carbons (Fsp3) is 0.286. The number of aliphatic hydroxyl groups is 1. The van der Waals surface area contributed by atoms with Crippen molar-refractivity contribution >= 4 is 22.5 Å². The number of hydrogen-bond acceptors (Lipinski definition) is 5. The van der Waals surface area contributed by atoms with Gasteiger partial charge in [-0.15, -0.1) is 0 Å². The lowest BCUT2D eigenvalue weighted by Gasteiger charge is -2.15. The van der Waals surface area contributed by atoms with Gasteiger partial charge in [0.1, 0.15) is 5.69 Å². The number of fused-ring (bicyclic) bond motifs is 1. The van der Waals surface area contributed by atoms with E-state index in [-0.39, 0.29) is 18.9 Å². The van der Waals surface area contributed by atoms with Gasteiger partial charge in [0, 0.05) is 18.2 Å². The van der Waals surface area contributed by atoms with Crippen LogP contribution in [0.4, 0.5) is 5.69 Å². The SMILES string of the molecule is COCC(CO)NC(=O)c1cc(N)c2ccccc2n1. The second-order valence-corrected chi connectivity index (χ2v) is 4.42. The van der Waals surface area contributed by atoms with Crippen molar-refractivity contribution in [1.29, 1.82) is 0 Å². The zero-order valence-corrected chi connectivity index (χ0v) is 11.2. The molecule has 0 bridgehead atoms. The molecule has 0 aliphatic heterocycles. The lowest BCUT2D eigenvalue weighted by Crippen LogP contribution is -2.41. The molecule has 6 heteroatoms. The van der Waals surface area contributed by atoms with Crippen LogP contribution in [-0.2, 0) is 4.74 Å². The zero-order chi connectivity index (χ0) is 14.5. The van der Waals surface area contributed by atoms with Crippen molar-refractivity contribution in [3.05, 3.63) is 36.0 Å². The summed E-state index contributed by atoms with van der Waals surface area (Å²) in [5.74, 6) is -0.390. The number of nitrogens with one attached hydrogen (secondary N) is 1. The molecule has 1 aromatic carbocycles. The number of carbonyl (C=O) groups excluding carboxylic acids is 1. The normalized spacial score (nSPS) is 12.3. The molecular formula is C14H17N3O3. The van der Waals surface area contributed by atoms with Gasteiger partial charge in [0.2, 0.25) is 0 Å². The molecule has 106 valence electrons. The second kappa shape index (κ2) is 6.31. The van der Waals surface area contributed by atoms with E-state index in [1.54, 1.807) is 6.07 Å². The number of nitrogen functional groups attached to an aromatic ring is 1. The zero-order valence-electron chi connectivity index (χ0n) is 11.2. The Morgan fingerprint density at radius 1 is 1.50 bits per heavy atom. The third kappa shape index (κ3) is 3.04. The number of aromatic nitrogens is 1. The number of nitrogens with two attached hydrogens (primary N) is 1. The van der Waals surface area contributed by atoms with E-state index in [4.69, 9.17) is 15.6 Å². The number of para-hydroxylation sites is 1. The Balaban J connectivity index is 2.26. The molecule has 0 aliphatic rings. The molecule has 1 atom stereocenters. The Morgan fingerprint density at radius 3 is 2.95 bits per heavy atom. The van der Waals surface area contributed by atoms with E-state index in [1.165, 1.54) is 13.2 Å². The minimum absolute atomic E-state index is 0.206. The number of hydrogen-bond donors (Lipinski definition) is 3. The van der Waals surface area contributed by atoms with E-state index < -0.39 is 11.9 Å². The summed E-state index contributed by atoms with van der Waals surface area (Å²) >= 11 is 0. The van der Waals surface area contributed by atoms with E-state index in [0.717, 1.165) is 5.39 Å². The van der Waals surface area contributed by atoms with Gasteiger partial charge in [-0.1, -0.05) is 18.2 Å². The summed E-state index contributed by atoms with van der Waals surface area (Å²) in [7, 11) is 1.50. The molecule has 0 saturated carbocycles. The van der Waals surface area contributed by atoms with Gasteiger partial charge >= 0.3 is 0 Å². The number of rotatable bonds is 5. The molecule has 0 saturated heterocycles. The van der Waals surface area contributed by atoms with Gasteiger partial charge in [-0.3, -0.25) is 4.79 Å². The van der Waals surface area contributed by atoms with Crippen LogP contribution in [0.15, 0.2) is 30.3 Å². The van der Waals surface area contributed by atoms with Gasteiger partial charge in [-0.05, 0) is 12.1 Å². The first-order chi connectivity index (χ1) is 9.65. The summed E-state index contributed by atoms with van der Waals surface area (Å²) < 4.78 is 4.91. The molecule has 2 rings (SSSR count). The van der Waals surface area contributed by atoms with Crippen molar-refractivity contribution in [2.24, 2.45) is 0 Å². The number of carbonyl (C=O) groups is 1. The Kier molecular flexibility index (Phi) is 4.49. The number of benzene rings is 1. The van der Waals surface area contributed by atoms with Crippen molar-refractivity contribution in [2.45, 2.75) is 6.04 Å². The van der Waals surface area contributed by atoms with E-state index in [2.05, 4.69) is 10.3 Å². The highest BCUT2D eigenvalue weighted by Crippen LogP contribution is 2.19. The molecule has 1 amide bonds. The topological polar surface area (TPSA) is 97.5 Å². The van der Waals surface area contributed by atoms with Crippen molar-refractivity contribution < 1.29 is 14.6 Å². The van der Waals surface area contributed by atoms with E-state index in [0.29, 0.717) is 11.2 Å². The molecule has 6 nitrogen and oxygen atoms in total. The van der Waals surface area contributed by atoms with Crippen LogP contribution in [0.5, 0.6) is 0 Å².